The zero-order chi connectivity index (χ0) is 12.5. The van der Waals surface area contributed by atoms with Crippen LogP contribution in [-0.2, 0) is 9.84 Å². The molecule has 0 unspecified atom stereocenters. The number of carbonyl (C=O) groups excluding carboxylic acids is 1. The van der Waals surface area contributed by atoms with Crippen molar-refractivity contribution in [3.05, 3.63) is 33.9 Å². The van der Waals surface area contributed by atoms with Crippen molar-refractivity contribution in [1.29, 1.82) is 0 Å². The number of nitrogens with zero attached hydrogens (tertiary/aromatic N) is 1. The number of rotatable bonds is 3. The summed E-state index contributed by atoms with van der Waals surface area (Å²) >= 11 is 0. The van der Waals surface area contributed by atoms with Gasteiger partial charge in [-0.2, -0.15) is 0 Å². The van der Waals surface area contributed by atoms with Gasteiger partial charge in [-0.15, -0.1) is 0 Å². The third kappa shape index (κ3) is 3.56. The minimum Gasteiger partial charge on any atom is -0.545 e. The summed E-state index contributed by atoms with van der Waals surface area (Å²) in [6.45, 7) is 0. The predicted molar refractivity (Wildman–Crippen MR) is 50.5 cm³/mol. The van der Waals surface area contributed by atoms with E-state index in [1.54, 1.807) is 0 Å². The van der Waals surface area contributed by atoms with Gasteiger partial charge in [0.25, 0.3) is 5.69 Å². The molecular weight excluding hydrogens is 245 g/mol. The summed E-state index contributed by atoms with van der Waals surface area (Å²) in [5, 5.41) is 21.0. The first-order valence-corrected chi connectivity index (χ1v) is 5.82. The van der Waals surface area contributed by atoms with Crippen LogP contribution in [0.2, 0.25) is 0 Å². The van der Waals surface area contributed by atoms with Gasteiger partial charge in [0.1, 0.15) is 0 Å². The zero-order valence-corrected chi connectivity index (χ0v) is 9.85. The van der Waals surface area contributed by atoms with E-state index in [1.807, 2.05) is 0 Å². The summed E-state index contributed by atoms with van der Waals surface area (Å²) in [7, 11) is -3.62. The van der Waals surface area contributed by atoms with Gasteiger partial charge in [0, 0.05) is 12.3 Å². The van der Waals surface area contributed by atoms with Crippen LogP contribution in [0.25, 0.3) is 0 Å². The minimum absolute atomic E-state index is 0. The smallest absolute Gasteiger partial charge is 0.545 e. The molecule has 0 aliphatic heterocycles. The SMILES string of the molecule is CS(=O)(=O)c1ccc(C(=O)[O-])c([N+](=O)[O-])c1.[Li+]. The van der Waals surface area contributed by atoms with Gasteiger partial charge in [-0.25, -0.2) is 8.42 Å². The van der Waals surface area contributed by atoms with Crippen LogP contribution in [0.5, 0.6) is 0 Å². The molecule has 0 heterocycles. The summed E-state index contributed by atoms with van der Waals surface area (Å²) in [6.07, 6.45) is 0.866. The summed E-state index contributed by atoms with van der Waals surface area (Å²) in [6, 6.07) is 2.51. The Labute approximate surface area is 109 Å². The molecule has 0 saturated heterocycles. The van der Waals surface area contributed by atoms with Crippen LogP contribution in [0.3, 0.4) is 0 Å². The van der Waals surface area contributed by atoms with E-state index in [4.69, 9.17) is 0 Å². The number of benzene rings is 1. The molecule has 0 atom stereocenters. The van der Waals surface area contributed by atoms with Gasteiger partial charge in [-0.1, -0.05) is 0 Å². The summed E-state index contributed by atoms with van der Waals surface area (Å²) in [5.74, 6) is -1.73. The van der Waals surface area contributed by atoms with Crippen LogP contribution >= 0.6 is 0 Å². The summed E-state index contributed by atoms with van der Waals surface area (Å²) in [5.41, 5.74) is -1.46. The second kappa shape index (κ2) is 5.31. The maximum Gasteiger partial charge on any atom is 1.00 e. The number of nitro benzene ring substituents is 1. The first-order chi connectivity index (χ1) is 7.23. The third-order valence-corrected chi connectivity index (χ3v) is 2.92. The van der Waals surface area contributed by atoms with E-state index in [0.29, 0.717) is 6.07 Å². The molecule has 0 N–H and O–H groups in total. The molecule has 0 aliphatic carbocycles. The second-order valence-corrected chi connectivity index (χ2v) is 5.01. The van der Waals surface area contributed by atoms with Gasteiger partial charge < -0.3 is 9.90 Å². The number of nitro groups is 1. The Morgan fingerprint density at radius 2 is 1.88 bits per heavy atom. The average molecular weight is 251 g/mol. The van der Waals surface area contributed by atoms with Gasteiger partial charge in [-0.05, 0) is 12.1 Å². The van der Waals surface area contributed by atoms with E-state index in [-0.39, 0.29) is 23.8 Å². The molecule has 7 nitrogen and oxygen atoms in total. The average Bonchev–Trinajstić information content (AvgIpc) is 2.15. The molecule has 9 heteroatoms. The molecule has 0 radical (unpaired) electrons. The van der Waals surface area contributed by atoms with Crippen LogP contribution in [-0.4, -0.2) is 25.6 Å². The van der Waals surface area contributed by atoms with Gasteiger partial charge in [0.2, 0.25) is 0 Å². The first kappa shape index (κ1) is 15.6. The fourth-order valence-corrected chi connectivity index (χ4v) is 1.71. The molecule has 0 amide bonds. The largest absolute Gasteiger partial charge is 1.00 e. The van der Waals surface area contributed by atoms with Gasteiger partial charge in [-0.3, -0.25) is 10.1 Å². The van der Waals surface area contributed by atoms with Crippen molar-refractivity contribution in [3.8, 4) is 0 Å². The van der Waals surface area contributed by atoms with E-state index in [1.165, 1.54) is 0 Å². The topological polar surface area (TPSA) is 117 Å². The third-order valence-electron chi connectivity index (χ3n) is 1.81. The Morgan fingerprint density at radius 3 is 2.24 bits per heavy atom. The molecule has 0 spiro atoms. The molecule has 1 rings (SSSR count). The number of carboxylic acid groups (broad SMARTS) is 1. The van der Waals surface area contributed by atoms with Crippen molar-refractivity contribution in [3.63, 3.8) is 0 Å². The van der Waals surface area contributed by atoms with Crippen molar-refractivity contribution in [1.82, 2.24) is 0 Å². The van der Waals surface area contributed by atoms with E-state index >= 15 is 0 Å². The van der Waals surface area contributed by atoms with Crippen molar-refractivity contribution >= 4 is 21.5 Å². The van der Waals surface area contributed by atoms with Gasteiger partial charge in [0.05, 0.1) is 21.4 Å². The molecule has 1 aromatic rings. The summed E-state index contributed by atoms with van der Waals surface area (Å²) < 4.78 is 22.2. The van der Waals surface area contributed by atoms with Crippen LogP contribution in [0.1, 0.15) is 10.4 Å². The number of hydrogen-bond acceptors (Lipinski definition) is 6. The molecule has 0 bridgehead atoms. The molecule has 0 aromatic heterocycles. The maximum absolute atomic E-state index is 11.1. The van der Waals surface area contributed by atoms with Crippen molar-refractivity contribution in [2.45, 2.75) is 4.90 Å². The Bertz CT molecular complexity index is 567. The number of sulfone groups is 1. The maximum atomic E-state index is 11.1. The Hall–Kier alpha value is -1.36. The molecule has 1 aromatic carbocycles. The van der Waals surface area contributed by atoms with E-state index in [0.717, 1.165) is 18.4 Å². The minimum atomic E-state index is -3.62. The van der Waals surface area contributed by atoms with Crippen LogP contribution in [0, 0.1) is 10.1 Å². The second-order valence-electron chi connectivity index (χ2n) is 3.00. The molecule has 86 valence electrons. The van der Waals surface area contributed by atoms with Crippen LogP contribution < -0.4 is 24.0 Å². The Balaban J connectivity index is 0.00000256. The number of carboxylic acids is 1. The molecule has 0 saturated carbocycles. The first-order valence-electron chi connectivity index (χ1n) is 3.93. The Kier molecular flexibility index (Phi) is 4.89. The molecular formula is C8H6LiNO6S. The normalized spacial score (nSPS) is 10.4. The van der Waals surface area contributed by atoms with Crippen molar-refractivity contribution in [2.75, 3.05) is 6.26 Å². The van der Waals surface area contributed by atoms with E-state index in [9.17, 15) is 28.4 Å². The fraction of sp³-hybridized carbons (Fsp3) is 0.125. The number of carbonyl (C=O) groups is 1. The van der Waals surface area contributed by atoms with E-state index in [2.05, 4.69) is 0 Å². The summed E-state index contributed by atoms with van der Waals surface area (Å²) in [4.78, 5) is 19.8. The van der Waals surface area contributed by atoms with Crippen molar-refractivity contribution < 1.29 is 42.1 Å². The van der Waals surface area contributed by atoms with Crippen LogP contribution in [0.15, 0.2) is 23.1 Å². The van der Waals surface area contributed by atoms with Crippen molar-refractivity contribution in [2.24, 2.45) is 0 Å². The Morgan fingerprint density at radius 1 is 1.35 bits per heavy atom. The number of aromatic carboxylic acids is 1. The standard InChI is InChI=1S/C8H7NO6S.Li/c1-16(14,15)5-2-3-6(8(10)11)7(4-5)9(12)13;/h2-4H,1H3,(H,10,11);/q;+1/p-1. The molecule has 17 heavy (non-hydrogen) atoms. The quantitative estimate of drug-likeness (QED) is 0.311. The monoisotopic (exact) mass is 251 g/mol. The molecule has 0 fully saturated rings. The van der Waals surface area contributed by atoms with Crippen LogP contribution in [0.4, 0.5) is 5.69 Å². The van der Waals surface area contributed by atoms with E-state index < -0.39 is 32.0 Å². The number of hydrogen-bond donors (Lipinski definition) is 0. The predicted octanol–water partition coefficient (Wildman–Crippen LogP) is -3.63. The van der Waals surface area contributed by atoms with Gasteiger partial charge in [0.15, 0.2) is 9.84 Å². The fourth-order valence-electron chi connectivity index (χ4n) is 1.07. The van der Waals surface area contributed by atoms with Gasteiger partial charge >= 0.3 is 18.9 Å². The molecule has 0 aliphatic rings. The zero-order valence-electron chi connectivity index (χ0n) is 9.04.